The maximum absolute atomic E-state index is 13.6. The number of rotatable bonds is 39. The van der Waals surface area contributed by atoms with E-state index in [0.29, 0.717) is 137 Å². The van der Waals surface area contributed by atoms with E-state index in [2.05, 4.69) is 10.1 Å². The predicted molar refractivity (Wildman–Crippen MR) is 202 cm³/mol. The van der Waals surface area contributed by atoms with Crippen LogP contribution in [0.1, 0.15) is 13.3 Å². The largest absolute Gasteiger partial charge is 0.491 e. The van der Waals surface area contributed by atoms with Crippen molar-refractivity contribution in [2.24, 2.45) is 0 Å². The first-order valence-corrected chi connectivity index (χ1v) is 19.3. The van der Waals surface area contributed by atoms with Gasteiger partial charge in [0.15, 0.2) is 0 Å². The third-order valence-electron chi connectivity index (χ3n) is 7.23. The Bertz CT molecular complexity index is 1400. The molecule has 0 atom stereocenters. The molecule has 2 aromatic carbocycles. The van der Waals surface area contributed by atoms with Crippen molar-refractivity contribution < 1.29 is 93.1 Å². The van der Waals surface area contributed by atoms with Crippen LogP contribution in [0.5, 0.6) is 11.5 Å². The van der Waals surface area contributed by atoms with Crippen LogP contribution in [-0.2, 0) is 61.7 Å². The first-order chi connectivity index (χ1) is 29.2. The van der Waals surface area contributed by atoms with Crippen LogP contribution in [0.4, 0.5) is 27.6 Å². The summed E-state index contributed by atoms with van der Waals surface area (Å²) in [4.78, 5) is 22.7. The lowest BCUT2D eigenvalue weighted by atomic mass is 10.2. The summed E-state index contributed by atoms with van der Waals surface area (Å²) in [6.45, 7) is 9.69. The van der Waals surface area contributed by atoms with Gasteiger partial charge in [-0.3, -0.25) is 9.59 Å². The van der Waals surface area contributed by atoms with Crippen molar-refractivity contribution in [3.8, 4) is 11.5 Å². The Morgan fingerprint density at radius 1 is 0.417 bits per heavy atom. The summed E-state index contributed by atoms with van der Waals surface area (Å²) in [6.07, 6.45) is -0.493. The van der Waals surface area contributed by atoms with Gasteiger partial charge in [-0.2, -0.15) is 8.78 Å². The van der Waals surface area contributed by atoms with E-state index >= 15 is 0 Å². The zero-order valence-electron chi connectivity index (χ0n) is 33.8. The van der Waals surface area contributed by atoms with Crippen LogP contribution < -0.4 is 14.8 Å². The van der Waals surface area contributed by atoms with Crippen molar-refractivity contribution in [3.63, 3.8) is 0 Å². The molecular weight excluding hydrogens is 817 g/mol. The van der Waals surface area contributed by atoms with Crippen molar-refractivity contribution >= 4 is 17.6 Å². The molecule has 0 heterocycles. The van der Waals surface area contributed by atoms with E-state index in [1.54, 1.807) is 24.3 Å². The molecule has 0 bridgehead atoms. The highest BCUT2D eigenvalue weighted by Crippen LogP contribution is 2.29. The van der Waals surface area contributed by atoms with Gasteiger partial charge in [-0.25, -0.2) is 13.2 Å². The molecule has 0 aliphatic rings. The number of hydrogen-bond acceptors (Lipinski definition) is 15. The molecule has 0 fully saturated rings. The van der Waals surface area contributed by atoms with Gasteiger partial charge in [0.25, 0.3) is 0 Å². The average molecular weight is 874 g/mol. The standard InChI is InChI=1S/C39H56F5NO15/c1-30(46)45-31-2-4-32(5-3-31)59-29-28-58-27-26-57-25-24-56-23-22-55-21-20-54-19-18-53-17-16-52-15-14-51-13-12-50-11-10-49-9-8-48-7-6-33(47)60-39-37(43)35(41)34(40)36(42)38(39)44/h2-5H,6-29H2,1H3,(H,45,46). The Labute approximate surface area is 346 Å². The molecule has 0 saturated heterocycles. The van der Waals surface area contributed by atoms with Gasteiger partial charge in [0.2, 0.25) is 40.7 Å². The van der Waals surface area contributed by atoms with Gasteiger partial charge in [0.1, 0.15) is 12.4 Å². The number of ether oxygens (including phenoxy) is 13. The Hall–Kier alpha value is -3.61. The Morgan fingerprint density at radius 3 is 1.02 bits per heavy atom. The molecule has 2 rings (SSSR count). The normalized spacial score (nSPS) is 11.3. The van der Waals surface area contributed by atoms with Crippen LogP contribution in [0, 0.1) is 29.1 Å². The van der Waals surface area contributed by atoms with E-state index in [9.17, 15) is 31.5 Å². The van der Waals surface area contributed by atoms with Crippen LogP contribution in [0.25, 0.3) is 0 Å². The molecular formula is C39H56F5NO15. The lowest BCUT2D eigenvalue weighted by Gasteiger charge is -2.09. The molecule has 0 unspecified atom stereocenters. The van der Waals surface area contributed by atoms with E-state index in [1.807, 2.05) is 0 Å². The molecule has 16 nitrogen and oxygen atoms in total. The monoisotopic (exact) mass is 873 g/mol. The summed E-state index contributed by atoms with van der Waals surface area (Å²) in [5.41, 5.74) is 0.713. The number of hydrogen-bond donors (Lipinski definition) is 1. The molecule has 21 heteroatoms. The molecule has 0 radical (unpaired) electrons. The number of carbonyl (C=O) groups excluding carboxylic acids is 2. The molecule has 0 aliphatic heterocycles. The highest BCUT2D eigenvalue weighted by Gasteiger charge is 2.28. The van der Waals surface area contributed by atoms with Crippen molar-refractivity contribution in [3.05, 3.63) is 53.4 Å². The summed E-state index contributed by atoms with van der Waals surface area (Å²) in [5, 5.41) is 2.70. The number of esters is 1. The predicted octanol–water partition coefficient (Wildman–Crippen LogP) is 3.90. The van der Waals surface area contributed by atoms with Gasteiger partial charge in [-0.1, -0.05) is 0 Å². The van der Waals surface area contributed by atoms with E-state index in [-0.39, 0.29) is 32.3 Å². The van der Waals surface area contributed by atoms with Gasteiger partial charge >= 0.3 is 5.97 Å². The van der Waals surface area contributed by atoms with Gasteiger partial charge in [0, 0.05) is 12.6 Å². The van der Waals surface area contributed by atoms with E-state index in [4.69, 9.17) is 56.8 Å². The third-order valence-corrected chi connectivity index (χ3v) is 7.23. The number of anilines is 1. The van der Waals surface area contributed by atoms with Crippen molar-refractivity contribution in [1.82, 2.24) is 0 Å². The van der Waals surface area contributed by atoms with Crippen LogP contribution >= 0.6 is 0 Å². The fourth-order valence-electron chi connectivity index (χ4n) is 4.35. The summed E-state index contributed by atoms with van der Waals surface area (Å²) in [6, 6.07) is 7.11. The molecule has 0 spiro atoms. The average Bonchev–Trinajstić information content (AvgIpc) is 3.24. The lowest BCUT2D eigenvalue weighted by Crippen LogP contribution is -2.16. The molecule has 1 N–H and O–H groups in total. The molecule has 0 saturated carbocycles. The maximum atomic E-state index is 13.6. The quantitative estimate of drug-likeness (QED) is 0.0257. The lowest BCUT2D eigenvalue weighted by molar-refractivity contribution is -0.136. The van der Waals surface area contributed by atoms with E-state index in [1.165, 1.54) is 6.92 Å². The summed E-state index contributed by atoms with van der Waals surface area (Å²) in [7, 11) is 0. The highest BCUT2D eigenvalue weighted by atomic mass is 19.2. The van der Waals surface area contributed by atoms with Gasteiger partial charge in [-0.15, -0.1) is 0 Å². The fraction of sp³-hybridized carbons (Fsp3) is 0.641. The Morgan fingerprint density at radius 2 is 0.700 bits per heavy atom. The fourth-order valence-corrected chi connectivity index (χ4v) is 4.35. The zero-order chi connectivity index (χ0) is 43.5. The topological polar surface area (TPSA) is 166 Å². The second-order valence-electron chi connectivity index (χ2n) is 11.9. The molecule has 0 aliphatic carbocycles. The summed E-state index contributed by atoms with van der Waals surface area (Å²) in [5.74, 6) is -13.6. The molecule has 60 heavy (non-hydrogen) atoms. The van der Waals surface area contributed by atoms with Crippen molar-refractivity contribution in [2.45, 2.75) is 13.3 Å². The van der Waals surface area contributed by atoms with E-state index < -0.39 is 47.2 Å². The first kappa shape index (κ1) is 52.5. The molecule has 2 aromatic rings. The summed E-state index contributed by atoms with van der Waals surface area (Å²) >= 11 is 0. The number of benzene rings is 2. The second-order valence-corrected chi connectivity index (χ2v) is 11.9. The molecule has 0 aromatic heterocycles. The van der Waals surface area contributed by atoms with Crippen molar-refractivity contribution in [1.29, 1.82) is 0 Å². The smallest absolute Gasteiger partial charge is 0.313 e. The zero-order valence-corrected chi connectivity index (χ0v) is 33.8. The number of carbonyl (C=O) groups is 2. The maximum Gasteiger partial charge on any atom is 0.313 e. The van der Waals surface area contributed by atoms with Crippen LogP contribution in [0.3, 0.4) is 0 Å². The van der Waals surface area contributed by atoms with E-state index in [0.717, 1.165) is 0 Å². The van der Waals surface area contributed by atoms with Gasteiger partial charge in [0.05, 0.1) is 152 Å². The Balaban J connectivity index is 1.19. The van der Waals surface area contributed by atoms with Gasteiger partial charge < -0.3 is 66.9 Å². The van der Waals surface area contributed by atoms with Crippen LogP contribution in [0.2, 0.25) is 0 Å². The highest BCUT2D eigenvalue weighted by molar-refractivity contribution is 5.88. The van der Waals surface area contributed by atoms with Crippen molar-refractivity contribution in [2.75, 3.05) is 157 Å². The second kappa shape index (κ2) is 35.0. The minimum atomic E-state index is -2.35. The van der Waals surface area contributed by atoms with Crippen LogP contribution in [-0.4, -0.2) is 164 Å². The molecule has 1 amide bonds. The minimum absolute atomic E-state index is 0.0738. The first-order valence-electron chi connectivity index (χ1n) is 19.3. The number of halogens is 5. The third kappa shape index (κ3) is 25.9. The van der Waals surface area contributed by atoms with Gasteiger partial charge in [-0.05, 0) is 24.3 Å². The summed E-state index contributed by atoms with van der Waals surface area (Å²) < 4.78 is 136. The van der Waals surface area contributed by atoms with Crippen LogP contribution in [0.15, 0.2) is 24.3 Å². The Kier molecular flexibility index (Phi) is 30.7. The number of amides is 1. The molecule has 342 valence electrons. The number of nitrogens with one attached hydrogen (secondary N) is 1. The minimum Gasteiger partial charge on any atom is -0.491 e. The SMILES string of the molecule is CC(=O)Nc1ccc(OCCOCCOCCOCCOCCOCCOCCOCCOCCOCCOCCOCCC(=O)Oc2c(F)c(F)c(F)c(F)c2F)cc1.